The van der Waals surface area contributed by atoms with Gasteiger partial charge in [0, 0.05) is 19.3 Å². The van der Waals surface area contributed by atoms with Gasteiger partial charge in [-0.2, -0.15) is 4.31 Å². The first-order valence-corrected chi connectivity index (χ1v) is 11.8. The van der Waals surface area contributed by atoms with E-state index in [1.807, 2.05) is 0 Å². The van der Waals surface area contributed by atoms with Crippen molar-refractivity contribution in [2.75, 3.05) is 25.0 Å². The number of hydrogen-bond donors (Lipinski definition) is 1. The molecule has 0 bridgehead atoms. The number of aryl methyl sites for hydroxylation is 1. The minimum Gasteiger partial charge on any atom is -0.452 e. The van der Waals surface area contributed by atoms with E-state index in [4.69, 9.17) is 27.9 Å². The lowest BCUT2D eigenvalue weighted by molar-refractivity contribution is -0.119. The molecule has 0 atom stereocenters. The van der Waals surface area contributed by atoms with Crippen molar-refractivity contribution in [3.05, 3.63) is 51.6 Å². The molecule has 8 nitrogen and oxygen atoms in total. The van der Waals surface area contributed by atoms with Gasteiger partial charge in [0.1, 0.15) is 0 Å². The molecule has 0 unspecified atom stereocenters. The molecule has 1 aromatic carbocycles. The molecule has 166 valence electrons. The Hall–Kier alpha value is -2.20. The van der Waals surface area contributed by atoms with Crippen molar-refractivity contribution in [1.82, 2.24) is 9.29 Å². The topological polar surface area (TPSA) is 106 Å². The van der Waals surface area contributed by atoms with Crippen LogP contribution in [-0.2, 0) is 19.6 Å². The molecule has 1 aliphatic rings. The number of nitrogens with one attached hydrogen (secondary N) is 1. The number of anilines is 1. The standard InChI is InChI=1S/C20H21Cl2N3O5S/c1-13-5-6-14(9-17(13)31(28,29)25-7-3-2-4-8-25)20(27)30-12-18(26)24-19-16(22)10-15(21)11-23-19/h5-6,9-11H,2-4,7-8,12H2,1H3,(H,23,24,26). The fourth-order valence-electron chi connectivity index (χ4n) is 3.14. The molecule has 1 N–H and O–H groups in total. The second-order valence-corrected chi connectivity index (χ2v) is 9.80. The summed E-state index contributed by atoms with van der Waals surface area (Å²) in [5, 5.41) is 2.86. The predicted octanol–water partition coefficient (Wildman–Crippen LogP) is 3.67. The molecule has 1 saturated heterocycles. The van der Waals surface area contributed by atoms with Gasteiger partial charge in [-0.15, -0.1) is 0 Å². The molecule has 2 heterocycles. The van der Waals surface area contributed by atoms with E-state index in [1.165, 1.54) is 28.7 Å². The van der Waals surface area contributed by atoms with Gasteiger partial charge in [0.2, 0.25) is 10.0 Å². The van der Waals surface area contributed by atoms with Gasteiger partial charge in [-0.1, -0.05) is 35.7 Å². The summed E-state index contributed by atoms with van der Waals surface area (Å²) in [4.78, 5) is 28.4. The molecule has 1 fully saturated rings. The molecular formula is C20H21Cl2N3O5S. The van der Waals surface area contributed by atoms with Gasteiger partial charge in [-0.25, -0.2) is 18.2 Å². The number of carbonyl (C=O) groups is 2. The van der Waals surface area contributed by atoms with Crippen LogP contribution in [0.2, 0.25) is 10.0 Å². The number of carbonyl (C=O) groups excluding carboxylic acids is 2. The number of pyridine rings is 1. The van der Waals surface area contributed by atoms with Crippen LogP contribution >= 0.6 is 23.2 Å². The van der Waals surface area contributed by atoms with Crippen LogP contribution in [0.5, 0.6) is 0 Å². The number of ether oxygens (including phenoxy) is 1. The van der Waals surface area contributed by atoms with E-state index in [-0.39, 0.29) is 21.3 Å². The van der Waals surface area contributed by atoms with Crippen molar-refractivity contribution < 1.29 is 22.7 Å². The zero-order valence-electron chi connectivity index (χ0n) is 16.7. The zero-order valence-corrected chi connectivity index (χ0v) is 19.1. The first-order valence-electron chi connectivity index (χ1n) is 9.57. The van der Waals surface area contributed by atoms with Crippen molar-refractivity contribution in [3.63, 3.8) is 0 Å². The first-order chi connectivity index (χ1) is 14.7. The third kappa shape index (κ3) is 5.74. The highest BCUT2D eigenvalue weighted by Gasteiger charge is 2.28. The largest absolute Gasteiger partial charge is 0.452 e. The van der Waals surface area contributed by atoms with E-state index in [1.54, 1.807) is 13.0 Å². The van der Waals surface area contributed by atoms with Gasteiger partial charge < -0.3 is 10.1 Å². The molecule has 31 heavy (non-hydrogen) atoms. The molecule has 0 saturated carbocycles. The molecule has 1 aliphatic heterocycles. The van der Waals surface area contributed by atoms with E-state index in [2.05, 4.69) is 10.3 Å². The normalized spacial score (nSPS) is 14.8. The molecule has 0 spiro atoms. The average Bonchev–Trinajstić information content (AvgIpc) is 2.75. The summed E-state index contributed by atoms with van der Waals surface area (Å²) in [6.07, 6.45) is 3.92. The average molecular weight is 486 g/mol. The van der Waals surface area contributed by atoms with Crippen LogP contribution in [0.25, 0.3) is 0 Å². The molecular weight excluding hydrogens is 465 g/mol. The van der Waals surface area contributed by atoms with Gasteiger partial charge in [0.25, 0.3) is 5.91 Å². The molecule has 0 aliphatic carbocycles. The lowest BCUT2D eigenvalue weighted by Gasteiger charge is -2.26. The van der Waals surface area contributed by atoms with Crippen molar-refractivity contribution in [3.8, 4) is 0 Å². The number of piperidine rings is 1. The number of amides is 1. The maximum atomic E-state index is 13.0. The van der Waals surface area contributed by atoms with Crippen LogP contribution in [0.4, 0.5) is 5.82 Å². The van der Waals surface area contributed by atoms with E-state index in [0.29, 0.717) is 23.7 Å². The van der Waals surface area contributed by atoms with E-state index < -0.39 is 28.5 Å². The predicted molar refractivity (Wildman–Crippen MR) is 117 cm³/mol. The number of esters is 1. The third-order valence-corrected chi connectivity index (χ3v) is 7.29. The van der Waals surface area contributed by atoms with Crippen LogP contribution in [-0.4, -0.2) is 49.3 Å². The lowest BCUT2D eigenvalue weighted by atomic mass is 10.1. The minimum atomic E-state index is -3.72. The fourth-order valence-corrected chi connectivity index (χ4v) is 5.33. The van der Waals surface area contributed by atoms with Crippen molar-refractivity contribution in [2.24, 2.45) is 0 Å². The molecule has 11 heteroatoms. The first kappa shape index (κ1) is 23.5. The third-order valence-electron chi connectivity index (χ3n) is 4.76. The fraction of sp³-hybridized carbons (Fsp3) is 0.350. The van der Waals surface area contributed by atoms with Crippen LogP contribution in [0.3, 0.4) is 0 Å². The van der Waals surface area contributed by atoms with Gasteiger partial charge in [0.05, 0.1) is 20.5 Å². The molecule has 0 radical (unpaired) electrons. The highest BCUT2D eigenvalue weighted by atomic mass is 35.5. The highest BCUT2D eigenvalue weighted by molar-refractivity contribution is 7.89. The van der Waals surface area contributed by atoms with E-state index in [0.717, 1.165) is 19.3 Å². The van der Waals surface area contributed by atoms with E-state index >= 15 is 0 Å². The van der Waals surface area contributed by atoms with E-state index in [9.17, 15) is 18.0 Å². The van der Waals surface area contributed by atoms with Crippen LogP contribution < -0.4 is 5.32 Å². The Balaban J connectivity index is 1.68. The Labute approximate surface area is 190 Å². The second kappa shape index (κ2) is 9.95. The number of nitrogens with zero attached hydrogens (tertiary/aromatic N) is 2. The quantitative estimate of drug-likeness (QED) is 0.625. The molecule has 1 aromatic heterocycles. The smallest absolute Gasteiger partial charge is 0.338 e. The van der Waals surface area contributed by atoms with Crippen molar-refractivity contribution in [2.45, 2.75) is 31.1 Å². The van der Waals surface area contributed by atoms with Crippen molar-refractivity contribution in [1.29, 1.82) is 0 Å². The molecule has 2 aromatic rings. The summed E-state index contributed by atoms with van der Waals surface area (Å²) in [5.41, 5.74) is 0.569. The zero-order chi connectivity index (χ0) is 22.6. The number of halogens is 2. The summed E-state index contributed by atoms with van der Waals surface area (Å²) >= 11 is 11.7. The van der Waals surface area contributed by atoms with Crippen molar-refractivity contribution >= 4 is 50.9 Å². The Bertz CT molecular complexity index is 1100. The highest BCUT2D eigenvalue weighted by Crippen LogP contribution is 2.25. The van der Waals surface area contributed by atoms with Gasteiger partial charge in [-0.05, 0) is 43.5 Å². The van der Waals surface area contributed by atoms with Crippen LogP contribution in [0.1, 0.15) is 35.2 Å². The number of aromatic nitrogens is 1. The summed E-state index contributed by atoms with van der Waals surface area (Å²) in [6, 6.07) is 5.71. The summed E-state index contributed by atoms with van der Waals surface area (Å²) in [5.74, 6) is -1.39. The maximum absolute atomic E-state index is 13.0. The van der Waals surface area contributed by atoms with Gasteiger partial charge in [0.15, 0.2) is 12.4 Å². The van der Waals surface area contributed by atoms with Gasteiger partial charge >= 0.3 is 5.97 Å². The monoisotopic (exact) mass is 485 g/mol. The number of rotatable bonds is 6. The van der Waals surface area contributed by atoms with Crippen LogP contribution in [0, 0.1) is 6.92 Å². The molecule has 3 rings (SSSR count). The van der Waals surface area contributed by atoms with Gasteiger partial charge in [-0.3, -0.25) is 4.79 Å². The maximum Gasteiger partial charge on any atom is 0.338 e. The minimum absolute atomic E-state index is 0.0386. The second-order valence-electron chi connectivity index (χ2n) is 7.05. The SMILES string of the molecule is Cc1ccc(C(=O)OCC(=O)Nc2ncc(Cl)cc2Cl)cc1S(=O)(=O)N1CCCCC1. The molecule has 1 amide bonds. The number of benzene rings is 1. The lowest BCUT2D eigenvalue weighted by Crippen LogP contribution is -2.36. The van der Waals surface area contributed by atoms with Crippen LogP contribution in [0.15, 0.2) is 35.4 Å². The summed E-state index contributed by atoms with van der Waals surface area (Å²) < 4.78 is 32.4. The number of hydrogen-bond acceptors (Lipinski definition) is 6. The summed E-state index contributed by atoms with van der Waals surface area (Å²) in [6.45, 7) is 1.99. The number of sulfonamides is 1. The Morgan fingerprint density at radius 3 is 2.55 bits per heavy atom. The Morgan fingerprint density at radius 1 is 1.16 bits per heavy atom. The Morgan fingerprint density at radius 2 is 1.87 bits per heavy atom. The Kier molecular flexibility index (Phi) is 7.53. The summed E-state index contributed by atoms with van der Waals surface area (Å²) in [7, 11) is -3.72.